The zero-order valence-electron chi connectivity index (χ0n) is 20.2. The molecule has 1 atom stereocenters. The number of benzene rings is 2. The number of ether oxygens (including phenoxy) is 3. The monoisotopic (exact) mass is 539 g/mol. The van der Waals surface area contributed by atoms with Crippen LogP contribution in [0, 0.1) is 0 Å². The van der Waals surface area contributed by atoms with Crippen LogP contribution in [-0.4, -0.2) is 48.3 Å². The minimum atomic E-state index is -3.90. The Labute approximate surface area is 210 Å². The van der Waals surface area contributed by atoms with E-state index in [1.165, 1.54) is 26.4 Å². The predicted octanol–water partition coefficient (Wildman–Crippen LogP) is 3.14. The van der Waals surface area contributed by atoms with E-state index in [-0.39, 0.29) is 30.3 Å². The SMILES string of the molecule is C=CNS(=O)(=O)C(CCOCc1cc2onc(NS(=O)(=O)c3ccccc3)c2c(OC)c1CC)OC. The second kappa shape index (κ2) is 11.7. The topological polar surface area (TPSA) is 146 Å². The lowest BCUT2D eigenvalue weighted by Crippen LogP contribution is -2.33. The van der Waals surface area contributed by atoms with Crippen LogP contribution in [0.25, 0.3) is 11.0 Å². The van der Waals surface area contributed by atoms with Crippen molar-refractivity contribution in [3.8, 4) is 5.75 Å². The average molecular weight is 540 g/mol. The summed E-state index contributed by atoms with van der Waals surface area (Å²) in [5, 5.41) is 4.31. The molecule has 3 rings (SSSR count). The molecule has 11 nitrogen and oxygen atoms in total. The number of fused-ring (bicyclic) bond motifs is 1. The second-order valence-corrected chi connectivity index (χ2v) is 11.1. The molecule has 0 aliphatic rings. The molecule has 0 aliphatic carbocycles. The lowest BCUT2D eigenvalue weighted by Gasteiger charge is -2.17. The standard InChI is InChI=1S/C23H29N3O8S2/c1-5-18-16(15-33-13-12-20(31-3)36(29,30)24-6-2)14-19-21(22(18)32-4)23(25-34-19)26-35(27,28)17-10-8-7-9-11-17/h6-11,14,20,24H,2,5,12-13,15H2,1,3-4H3,(H,25,26). The fourth-order valence-corrected chi connectivity index (χ4v) is 5.78. The summed E-state index contributed by atoms with van der Waals surface area (Å²) in [5.74, 6) is 0.420. The molecule has 0 bridgehead atoms. The van der Waals surface area contributed by atoms with Gasteiger partial charge in [-0.1, -0.05) is 36.9 Å². The highest BCUT2D eigenvalue weighted by Gasteiger charge is 2.25. The van der Waals surface area contributed by atoms with Gasteiger partial charge >= 0.3 is 0 Å². The molecule has 0 aliphatic heterocycles. The van der Waals surface area contributed by atoms with Crippen LogP contribution < -0.4 is 14.2 Å². The highest BCUT2D eigenvalue weighted by atomic mass is 32.2. The molecular formula is C23H29N3O8S2. The zero-order chi connectivity index (χ0) is 26.3. The summed E-state index contributed by atoms with van der Waals surface area (Å²) in [4.78, 5) is 0.0838. The molecule has 36 heavy (non-hydrogen) atoms. The molecular weight excluding hydrogens is 510 g/mol. The Bertz CT molecular complexity index is 1400. The van der Waals surface area contributed by atoms with Gasteiger partial charge in [0.25, 0.3) is 20.0 Å². The normalized spacial score (nSPS) is 12.9. The number of nitrogens with zero attached hydrogens (tertiary/aromatic N) is 1. The van der Waals surface area contributed by atoms with Crippen LogP contribution >= 0.6 is 0 Å². The van der Waals surface area contributed by atoms with Gasteiger partial charge < -0.3 is 18.7 Å². The summed E-state index contributed by atoms with van der Waals surface area (Å²) >= 11 is 0. The van der Waals surface area contributed by atoms with Gasteiger partial charge in [0.1, 0.15) is 11.1 Å². The van der Waals surface area contributed by atoms with Crippen molar-refractivity contribution in [2.75, 3.05) is 25.5 Å². The minimum Gasteiger partial charge on any atom is -0.496 e. The number of sulfonamides is 2. The number of nitrogens with one attached hydrogen (secondary N) is 2. The third kappa shape index (κ3) is 5.98. The van der Waals surface area contributed by atoms with Crippen molar-refractivity contribution < 1.29 is 35.6 Å². The summed E-state index contributed by atoms with van der Waals surface area (Å²) in [7, 11) is -4.85. The van der Waals surface area contributed by atoms with E-state index in [4.69, 9.17) is 18.7 Å². The van der Waals surface area contributed by atoms with Gasteiger partial charge in [-0.05, 0) is 30.2 Å². The van der Waals surface area contributed by atoms with Gasteiger partial charge in [0.2, 0.25) is 0 Å². The molecule has 0 fully saturated rings. The van der Waals surface area contributed by atoms with Crippen molar-refractivity contribution in [1.82, 2.24) is 9.88 Å². The van der Waals surface area contributed by atoms with E-state index >= 15 is 0 Å². The first-order valence-electron chi connectivity index (χ1n) is 11.0. The van der Waals surface area contributed by atoms with Gasteiger partial charge in [-0.2, -0.15) is 0 Å². The molecule has 1 aromatic heterocycles. The number of aromatic nitrogens is 1. The Balaban J connectivity index is 1.84. The van der Waals surface area contributed by atoms with Gasteiger partial charge in [-0.25, -0.2) is 16.8 Å². The molecule has 3 aromatic rings. The lowest BCUT2D eigenvalue weighted by atomic mass is 10.0. The van der Waals surface area contributed by atoms with Crippen LogP contribution in [0.5, 0.6) is 5.75 Å². The van der Waals surface area contributed by atoms with Gasteiger partial charge in [0, 0.05) is 25.3 Å². The number of rotatable bonds is 14. The Kier molecular flexibility index (Phi) is 8.95. The van der Waals surface area contributed by atoms with Crippen LogP contribution in [0.2, 0.25) is 0 Å². The Morgan fingerprint density at radius 3 is 2.50 bits per heavy atom. The van der Waals surface area contributed by atoms with Crippen molar-refractivity contribution in [2.45, 2.75) is 36.7 Å². The third-order valence-corrected chi connectivity index (χ3v) is 8.34. The number of methoxy groups -OCH3 is 2. The predicted molar refractivity (Wildman–Crippen MR) is 135 cm³/mol. The molecule has 196 valence electrons. The summed E-state index contributed by atoms with van der Waals surface area (Å²) in [6.45, 7) is 5.50. The van der Waals surface area contributed by atoms with Gasteiger partial charge in [0.15, 0.2) is 16.8 Å². The summed E-state index contributed by atoms with van der Waals surface area (Å²) < 4.78 is 76.3. The van der Waals surface area contributed by atoms with Crippen LogP contribution in [0.15, 0.2) is 58.6 Å². The van der Waals surface area contributed by atoms with Crippen molar-refractivity contribution >= 4 is 36.8 Å². The molecule has 2 aromatic carbocycles. The molecule has 0 saturated heterocycles. The van der Waals surface area contributed by atoms with E-state index in [0.717, 1.165) is 17.3 Å². The smallest absolute Gasteiger partial charge is 0.263 e. The highest BCUT2D eigenvalue weighted by Crippen LogP contribution is 2.38. The Morgan fingerprint density at radius 2 is 1.89 bits per heavy atom. The Hall–Kier alpha value is -3.13. The van der Waals surface area contributed by atoms with E-state index in [1.54, 1.807) is 24.3 Å². The summed E-state index contributed by atoms with van der Waals surface area (Å²) in [6, 6.07) is 9.61. The van der Waals surface area contributed by atoms with Gasteiger partial charge in [-0.3, -0.25) is 9.44 Å². The summed E-state index contributed by atoms with van der Waals surface area (Å²) in [6.07, 6.45) is 1.71. The summed E-state index contributed by atoms with van der Waals surface area (Å²) in [5.41, 5.74) is 0.711. The quantitative estimate of drug-likeness (QED) is 0.295. The molecule has 1 heterocycles. The van der Waals surface area contributed by atoms with Crippen LogP contribution in [0.4, 0.5) is 5.82 Å². The van der Waals surface area contributed by atoms with E-state index in [0.29, 0.717) is 23.1 Å². The maximum absolute atomic E-state index is 12.8. The maximum atomic E-state index is 12.8. The molecule has 0 amide bonds. The van der Waals surface area contributed by atoms with E-state index in [1.807, 2.05) is 6.92 Å². The molecule has 2 N–H and O–H groups in total. The van der Waals surface area contributed by atoms with Crippen molar-refractivity contribution in [2.24, 2.45) is 0 Å². The van der Waals surface area contributed by atoms with Crippen LogP contribution in [0.3, 0.4) is 0 Å². The Morgan fingerprint density at radius 1 is 1.17 bits per heavy atom. The molecule has 0 saturated carbocycles. The van der Waals surface area contributed by atoms with Crippen LogP contribution in [0.1, 0.15) is 24.5 Å². The number of anilines is 1. The average Bonchev–Trinajstić information content (AvgIpc) is 3.24. The van der Waals surface area contributed by atoms with Gasteiger partial charge in [-0.15, -0.1) is 0 Å². The zero-order valence-corrected chi connectivity index (χ0v) is 21.8. The maximum Gasteiger partial charge on any atom is 0.263 e. The van der Waals surface area contributed by atoms with Crippen molar-refractivity contribution in [3.63, 3.8) is 0 Å². The first-order valence-corrected chi connectivity index (χ1v) is 14.0. The first-order chi connectivity index (χ1) is 17.2. The molecule has 0 radical (unpaired) electrons. The van der Waals surface area contributed by atoms with Crippen molar-refractivity contribution in [1.29, 1.82) is 0 Å². The fraction of sp³-hybridized carbons (Fsp3) is 0.348. The number of hydrogen-bond donors (Lipinski definition) is 2. The minimum absolute atomic E-state index is 0.00994. The van der Waals surface area contributed by atoms with E-state index in [2.05, 4.69) is 21.2 Å². The molecule has 0 spiro atoms. The third-order valence-electron chi connectivity index (χ3n) is 5.37. The molecule has 13 heteroatoms. The molecule has 1 unspecified atom stereocenters. The van der Waals surface area contributed by atoms with E-state index < -0.39 is 25.5 Å². The lowest BCUT2D eigenvalue weighted by molar-refractivity contribution is 0.0782. The van der Waals surface area contributed by atoms with E-state index in [9.17, 15) is 16.8 Å². The second-order valence-electron chi connectivity index (χ2n) is 7.60. The van der Waals surface area contributed by atoms with Gasteiger partial charge in [0.05, 0.1) is 25.2 Å². The largest absolute Gasteiger partial charge is 0.496 e. The fourth-order valence-electron chi connectivity index (χ4n) is 3.71. The number of hydrogen-bond acceptors (Lipinski definition) is 9. The first kappa shape index (κ1) is 27.5. The highest BCUT2D eigenvalue weighted by molar-refractivity contribution is 7.92. The van der Waals surface area contributed by atoms with Crippen molar-refractivity contribution in [3.05, 3.63) is 60.3 Å². The van der Waals surface area contributed by atoms with Crippen LogP contribution in [-0.2, 0) is 42.5 Å².